The number of halogens is 2. The van der Waals surface area contributed by atoms with Crippen LogP contribution in [0, 0.1) is 11.8 Å². The first kappa shape index (κ1) is 29.3. The Labute approximate surface area is 251 Å². The van der Waals surface area contributed by atoms with Crippen molar-refractivity contribution in [2.75, 3.05) is 0 Å². The highest BCUT2D eigenvalue weighted by Gasteiger charge is 2.21. The monoisotopic (exact) mass is 681 g/mol. The summed E-state index contributed by atoms with van der Waals surface area (Å²) in [4.78, 5) is 7.36. The molecule has 4 aromatic rings. The van der Waals surface area contributed by atoms with Crippen LogP contribution >= 0.6 is 66.3 Å². The smallest absolute Gasteiger partial charge is 0.132 e. The molecule has 4 rings (SSSR count). The van der Waals surface area contributed by atoms with E-state index in [-0.39, 0.29) is 0 Å². The fourth-order valence-corrected chi connectivity index (χ4v) is 8.98. The summed E-state index contributed by atoms with van der Waals surface area (Å²) >= 11 is 12.6. The third-order valence-electron chi connectivity index (χ3n) is 7.41. The topological polar surface area (TPSA) is 38.7 Å². The van der Waals surface area contributed by atoms with E-state index in [4.69, 9.17) is 13.7 Å². The van der Waals surface area contributed by atoms with E-state index in [1.807, 2.05) is 6.20 Å². The van der Waals surface area contributed by atoms with Crippen LogP contribution in [0.3, 0.4) is 0 Å². The van der Waals surface area contributed by atoms with Crippen molar-refractivity contribution in [2.24, 2.45) is 11.8 Å². The zero-order valence-electron chi connectivity index (χ0n) is 22.3. The minimum Gasteiger partial charge on any atom is -0.252 e. The molecule has 0 aliphatic rings. The highest BCUT2D eigenvalue weighted by molar-refractivity contribution is 9.11. The lowest BCUT2D eigenvalue weighted by Crippen LogP contribution is -2.03. The quantitative estimate of drug-likeness (QED) is 0.133. The largest absolute Gasteiger partial charge is 0.252 e. The molecule has 2 unspecified atom stereocenters. The summed E-state index contributed by atoms with van der Waals surface area (Å²) in [6.07, 6.45) is 14.4. The number of unbranched alkanes of at least 4 members (excludes halogenated alkanes) is 2. The normalized spacial score (nSPS) is 13.5. The number of thiophene rings is 2. The number of hydrogen-bond acceptors (Lipinski definition) is 6. The van der Waals surface area contributed by atoms with Crippen LogP contribution in [0.2, 0.25) is 0 Å². The van der Waals surface area contributed by atoms with E-state index in [1.165, 1.54) is 91.5 Å². The van der Waals surface area contributed by atoms with E-state index in [2.05, 4.69) is 71.7 Å². The molecule has 3 nitrogen and oxygen atoms in total. The molecule has 0 radical (unpaired) electrons. The average Bonchev–Trinajstić information content (AvgIpc) is 3.62. The molecule has 0 aliphatic carbocycles. The van der Waals surface area contributed by atoms with Crippen molar-refractivity contribution in [1.29, 1.82) is 0 Å². The van der Waals surface area contributed by atoms with Crippen LogP contribution in [0.1, 0.15) is 90.2 Å². The zero-order valence-corrected chi connectivity index (χ0v) is 27.9. The van der Waals surface area contributed by atoms with Gasteiger partial charge in [-0.3, -0.25) is 4.98 Å². The van der Waals surface area contributed by atoms with Crippen molar-refractivity contribution < 1.29 is 0 Å². The van der Waals surface area contributed by atoms with Crippen molar-refractivity contribution >= 4 is 77.3 Å². The summed E-state index contributed by atoms with van der Waals surface area (Å²) in [6, 6.07) is 4.67. The zero-order chi connectivity index (χ0) is 26.4. The average molecular weight is 684 g/mol. The molecule has 37 heavy (non-hydrogen) atoms. The summed E-state index contributed by atoms with van der Waals surface area (Å²) in [5.41, 5.74) is 6.73. The molecule has 4 heterocycles. The van der Waals surface area contributed by atoms with E-state index in [1.54, 1.807) is 22.7 Å². The maximum Gasteiger partial charge on any atom is 0.132 e. The molecule has 0 spiro atoms. The molecule has 4 aromatic heterocycles. The van der Waals surface area contributed by atoms with E-state index in [0.717, 1.165) is 47.0 Å². The molecule has 0 fully saturated rings. The van der Waals surface area contributed by atoms with Crippen molar-refractivity contribution in [3.63, 3.8) is 0 Å². The Balaban J connectivity index is 1.61. The predicted octanol–water partition coefficient (Wildman–Crippen LogP) is 11.6. The Morgan fingerprint density at radius 3 is 1.86 bits per heavy atom. The van der Waals surface area contributed by atoms with Gasteiger partial charge in [-0.2, -0.15) is 8.75 Å². The number of hydrogen-bond donors (Lipinski definition) is 0. The van der Waals surface area contributed by atoms with Gasteiger partial charge in [-0.15, -0.1) is 22.7 Å². The van der Waals surface area contributed by atoms with Crippen molar-refractivity contribution in [3.05, 3.63) is 37.0 Å². The van der Waals surface area contributed by atoms with Gasteiger partial charge in [-0.25, -0.2) is 0 Å². The molecule has 8 heteroatoms. The van der Waals surface area contributed by atoms with Gasteiger partial charge in [0, 0.05) is 16.6 Å². The standard InChI is InChI=1S/C29H37Br2N3S3/c1-5-9-11-18(7-3)13-20-15-23(35-28(20)30)22-17-32-26(27-25(22)33-37-34-27)24-16-21(29(31)36-24)14-19(8-4)12-10-6-2/h15-19H,5-14H2,1-4H3. The van der Waals surface area contributed by atoms with E-state index in [9.17, 15) is 0 Å². The minimum atomic E-state index is 0.732. The third kappa shape index (κ3) is 7.10. The molecular weight excluding hydrogens is 646 g/mol. The van der Waals surface area contributed by atoms with Gasteiger partial charge in [-0.1, -0.05) is 79.1 Å². The highest BCUT2D eigenvalue weighted by atomic mass is 79.9. The summed E-state index contributed by atoms with van der Waals surface area (Å²) < 4.78 is 11.9. The van der Waals surface area contributed by atoms with Gasteiger partial charge in [0.05, 0.1) is 24.2 Å². The summed E-state index contributed by atoms with van der Waals surface area (Å²) in [6.45, 7) is 9.18. The first-order valence-corrected chi connectivity index (χ1v) is 17.6. The highest BCUT2D eigenvalue weighted by Crippen LogP contribution is 2.43. The molecule has 0 N–H and O–H groups in total. The van der Waals surface area contributed by atoms with Gasteiger partial charge < -0.3 is 0 Å². The van der Waals surface area contributed by atoms with Crippen LogP contribution in [-0.2, 0) is 12.8 Å². The third-order valence-corrected chi connectivity index (χ3v) is 11.9. The van der Waals surface area contributed by atoms with E-state index < -0.39 is 0 Å². The fraction of sp³-hybridized carbons (Fsp3) is 0.552. The van der Waals surface area contributed by atoms with Gasteiger partial charge in [0.2, 0.25) is 0 Å². The van der Waals surface area contributed by atoms with Crippen LogP contribution in [0.25, 0.3) is 32.0 Å². The van der Waals surface area contributed by atoms with Crippen LogP contribution in [-0.4, -0.2) is 13.7 Å². The summed E-state index contributed by atoms with van der Waals surface area (Å²) in [7, 11) is 0. The SMILES string of the molecule is CCCCC(CC)Cc1cc(-c2cnc(-c3cc(CC(CC)CCCC)c(Br)s3)c3nsnc23)sc1Br. The number of pyridine rings is 1. The Hall–Kier alpha value is -0.670. The molecule has 2 atom stereocenters. The fourth-order valence-electron chi connectivity index (χ4n) is 4.98. The first-order valence-electron chi connectivity index (χ1n) is 13.7. The van der Waals surface area contributed by atoms with Gasteiger partial charge in [0.15, 0.2) is 0 Å². The summed E-state index contributed by atoms with van der Waals surface area (Å²) in [5.74, 6) is 1.47. The lowest BCUT2D eigenvalue weighted by atomic mass is 9.93. The van der Waals surface area contributed by atoms with Crippen molar-refractivity contribution in [3.8, 4) is 21.0 Å². The predicted molar refractivity (Wildman–Crippen MR) is 171 cm³/mol. The van der Waals surface area contributed by atoms with E-state index >= 15 is 0 Å². The van der Waals surface area contributed by atoms with Crippen LogP contribution in [0.4, 0.5) is 0 Å². The molecule has 0 bridgehead atoms. The lowest BCUT2D eigenvalue weighted by Gasteiger charge is -2.13. The first-order chi connectivity index (χ1) is 18.0. The van der Waals surface area contributed by atoms with Crippen LogP contribution in [0.15, 0.2) is 25.9 Å². The lowest BCUT2D eigenvalue weighted by molar-refractivity contribution is 0.449. The van der Waals surface area contributed by atoms with E-state index in [0.29, 0.717) is 0 Å². The Morgan fingerprint density at radius 1 is 0.757 bits per heavy atom. The maximum absolute atomic E-state index is 4.97. The number of nitrogens with zero attached hydrogens (tertiary/aromatic N) is 3. The van der Waals surface area contributed by atoms with Crippen molar-refractivity contribution in [1.82, 2.24) is 13.7 Å². The molecule has 0 aliphatic heterocycles. The Kier molecular flexibility index (Phi) is 11.2. The number of aromatic nitrogens is 3. The molecule has 0 saturated heterocycles. The Morgan fingerprint density at radius 2 is 1.30 bits per heavy atom. The number of rotatable bonds is 14. The second kappa shape index (κ2) is 14.1. The second-order valence-corrected chi connectivity index (χ2v) is 15.3. The minimum absolute atomic E-state index is 0.732. The maximum atomic E-state index is 4.97. The van der Waals surface area contributed by atoms with Gasteiger partial charge >= 0.3 is 0 Å². The number of fused-ring (bicyclic) bond motifs is 1. The van der Waals surface area contributed by atoms with Crippen LogP contribution in [0.5, 0.6) is 0 Å². The van der Waals surface area contributed by atoms with Crippen LogP contribution < -0.4 is 0 Å². The van der Waals surface area contributed by atoms with Gasteiger partial charge in [0.1, 0.15) is 16.7 Å². The second-order valence-electron chi connectivity index (χ2n) is 10.0. The molecule has 0 aromatic carbocycles. The van der Waals surface area contributed by atoms with Gasteiger partial charge in [0.25, 0.3) is 0 Å². The summed E-state index contributed by atoms with van der Waals surface area (Å²) in [5, 5.41) is 0. The molecule has 0 saturated carbocycles. The van der Waals surface area contributed by atoms with Gasteiger partial charge in [-0.05, 0) is 79.8 Å². The molecular formula is C29H37Br2N3S3. The van der Waals surface area contributed by atoms with Crippen molar-refractivity contribution in [2.45, 2.75) is 91.9 Å². The Bertz CT molecular complexity index is 1200. The molecule has 0 amide bonds. The molecule has 200 valence electrons.